The largest absolute Gasteiger partial charge is 0.677 e. The maximum absolute atomic E-state index is 14.1. The summed E-state index contributed by atoms with van der Waals surface area (Å²) in [6, 6.07) is 1.99. The van der Waals surface area contributed by atoms with Crippen LogP contribution in [0.4, 0.5) is 8.63 Å². The number of aryl methyl sites for hydroxylation is 1. The SMILES string of the molecule is COC(=O)[C@@H]1C[C@H](NC(=O)CCCNC(=O)CCc2ccc(/C=C3\N=C(C)C=C3C)n2B(F)F)CN1C(=O)CC[C@@H](C)[C@H]1CCC2C3C(CC[C@@]21C)[C@@]1(C)CC[C@@H](O)CC1C[C@@H]3O. The molecule has 4 unspecified atom stereocenters. The number of hydrogen-bond donors (Lipinski definition) is 4. The molecule has 7 rings (SSSR count). The van der Waals surface area contributed by atoms with Crippen LogP contribution in [-0.4, -0.2) is 101 Å². The molecule has 3 amide bonds. The molecule has 1 aromatic rings. The van der Waals surface area contributed by atoms with E-state index in [2.05, 4.69) is 36.4 Å². The first-order valence-corrected chi connectivity index (χ1v) is 23.7. The van der Waals surface area contributed by atoms with Gasteiger partial charge in [0.25, 0.3) is 0 Å². The van der Waals surface area contributed by atoms with Crippen molar-refractivity contribution in [1.29, 1.82) is 0 Å². The number of allylic oxidation sites excluding steroid dienone is 2. The monoisotopic (exact) mass is 878 g/mol. The molecule has 0 aromatic carbocycles. The number of likely N-dealkylation sites (tertiary alicyclic amines) is 1. The van der Waals surface area contributed by atoms with Crippen molar-refractivity contribution in [2.24, 2.45) is 51.3 Å². The number of methoxy groups -OCH3 is 1. The highest BCUT2D eigenvalue weighted by Crippen LogP contribution is 2.68. The Labute approximate surface area is 372 Å². The third-order valence-electron chi connectivity index (χ3n) is 16.8. The average molecular weight is 878 g/mol. The summed E-state index contributed by atoms with van der Waals surface area (Å²) < 4.78 is 34.1. The number of nitrogens with zero attached hydrogens (tertiary/aromatic N) is 3. The van der Waals surface area contributed by atoms with Gasteiger partial charge in [0.1, 0.15) is 6.04 Å². The second kappa shape index (κ2) is 19.3. The lowest BCUT2D eigenvalue weighted by Crippen LogP contribution is -2.58. The molecule has 4 aliphatic carbocycles. The molecule has 2 aliphatic heterocycles. The Morgan fingerprint density at radius 2 is 1.73 bits per heavy atom. The summed E-state index contributed by atoms with van der Waals surface area (Å²) in [7, 11) is -1.47. The van der Waals surface area contributed by atoms with Crippen LogP contribution in [-0.2, 0) is 30.3 Å². The molecular formula is C48H70BF2N5O7. The second-order valence-electron chi connectivity index (χ2n) is 20.5. The minimum Gasteiger partial charge on any atom is -0.467 e. The molecule has 1 saturated heterocycles. The molecule has 3 heterocycles. The van der Waals surface area contributed by atoms with E-state index >= 15 is 0 Å². The van der Waals surface area contributed by atoms with Crippen LogP contribution in [0.25, 0.3) is 6.08 Å². The fourth-order valence-corrected chi connectivity index (χ4v) is 13.6. The van der Waals surface area contributed by atoms with Gasteiger partial charge in [-0.15, -0.1) is 0 Å². The molecule has 63 heavy (non-hydrogen) atoms. The summed E-state index contributed by atoms with van der Waals surface area (Å²) in [6.45, 7) is 11.3. The van der Waals surface area contributed by atoms with Gasteiger partial charge < -0.3 is 35.0 Å². The summed E-state index contributed by atoms with van der Waals surface area (Å²) in [5.74, 6) is 1.11. The molecule has 15 heteroatoms. The van der Waals surface area contributed by atoms with Crippen LogP contribution in [0.5, 0.6) is 0 Å². The zero-order chi connectivity index (χ0) is 45.4. The van der Waals surface area contributed by atoms with Crippen LogP contribution in [0.1, 0.15) is 136 Å². The highest BCUT2D eigenvalue weighted by atomic mass is 19.2. The Hall–Kier alpha value is -3.85. The second-order valence-corrected chi connectivity index (χ2v) is 20.5. The van der Waals surface area contributed by atoms with Gasteiger partial charge in [-0.2, -0.15) is 0 Å². The zero-order valence-corrected chi connectivity index (χ0v) is 38.2. The molecule has 5 fully saturated rings. The summed E-state index contributed by atoms with van der Waals surface area (Å²) >= 11 is 0. The molecule has 346 valence electrons. The van der Waals surface area contributed by atoms with E-state index in [0.717, 1.165) is 67.1 Å². The Balaban J connectivity index is 0.851. The van der Waals surface area contributed by atoms with Gasteiger partial charge >= 0.3 is 13.4 Å². The van der Waals surface area contributed by atoms with Crippen molar-refractivity contribution in [1.82, 2.24) is 20.0 Å². The predicted molar refractivity (Wildman–Crippen MR) is 238 cm³/mol. The van der Waals surface area contributed by atoms with Crippen molar-refractivity contribution in [3.63, 3.8) is 0 Å². The average Bonchev–Trinajstić information content (AvgIpc) is 4.01. The van der Waals surface area contributed by atoms with Gasteiger partial charge in [-0.25, -0.2) is 4.79 Å². The van der Waals surface area contributed by atoms with Crippen LogP contribution in [0.3, 0.4) is 0 Å². The van der Waals surface area contributed by atoms with Crippen molar-refractivity contribution >= 4 is 42.9 Å². The van der Waals surface area contributed by atoms with Gasteiger partial charge in [0.2, 0.25) is 17.7 Å². The number of halogens is 2. The number of nitrogens with one attached hydrogen (secondary N) is 2. The summed E-state index contributed by atoms with van der Waals surface area (Å²) in [5.41, 5.74) is 3.26. The maximum atomic E-state index is 14.1. The molecule has 12 nitrogen and oxygen atoms in total. The van der Waals surface area contributed by atoms with E-state index in [-0.39, 0.29) is 91.4 Å². The lowest BCUT2D eigenvalue weighted by Gasteiger charge is -2.62. The van der Waals surface area contributed by atoms with Crippen molar-refractivity contribution in [3.05, 3.63) is 40.9 Å². The van der Waals surface area contributed by atoms with Gasteiger partial charge in [-0.05, 0) is 161 Å². The van der Waals surface area contributed by atoms with Gasteiger partial charge in [0.15, 0.2) is 0 Å². The van der Waals surface area contributed by atoms with E-state index in [1.165, 1.54) is 7.11 Å². The Morgan fingerprint density at radius 3 is 2.44 bits per heavy atom. The number of hydrogen-bond acceptors (Lipinski definition) is 8. The number of rotatable bonds is 15. The fraction of sp³-hybridized carbons (Fsp3) is 0.729. The topological polar surface area (TPSA) is 163 Å². The first-order valence-electron chi connectivity index (χ1n) is 23.7. The molecule has 0 spiro atoms. The minimum absolute atomic E-state index is 0.00713. The number of carbonyl (C=O) groups is 4. The Kier molecular flexibility index (Phi) is 14.5. The Morgan fingerprint density at radius 1 is 0.984 bits per heavy atom. The molecule has 4 saturated carbocycles. The number of aliphatic imine (C=N–C) groups is 1. The smallest absolute Gasteiger partial charge is 0.467 e. The van der Waals surface area contributed by atoms with Gasteiger partial charge in [-0.1, -0.05) is 20.8 Å². The van der Waals surface area contributed by atoms with Gasteiger partial charge in [0.05, 0.1) is 25.0 Å². The predicted octanol–water partition coefficient (Wildman–Crippen LogP) is 6.52. The first-order chi connectivity index (χ1) is 29.9. The van der Waals surface area contributed by atoms with Crippen molar-refractivity contribution in [3.8, 4) is 0 Å². The number of ether oxygens (including phenoxy) is 1. The van der Waals surface area contributed by atoms with Gasteiger partial charge in [-0.3, -0.25) is 28.0 Å². The number of amides is 3. The quantitative estimate of drug-likeness (QED) is 0.0887. The standard InChI is InChI=1S/C48H70BF2N5O7/c1-28(36-13-14-37-45-38(18-20-48(36,37)5)47(4)19-17-35(57)23-31(47)24-41(45)58)9-16-44(61)55-27-32(25-40(55)46(62)63-6)54-43(60)8-7-21-52-42(59)15-12-33-10-11-34(56(33)49(50)51)26-39-29(2)22-30(3)53-39/h10-11,22,26,28,31-32,35-38,40-41,45,57-58H,7-9,12-21,23-25,27H2,1-6H3,(H,52,59)(H,54,60)/b39-26-/t28-,31?,32+,35-,36-,37?,38?,40+,41+,45?,47+,48-/m1/s1. The van der Waals surface area contributed by atoms with E-state index in [0.29, 0.717) is 60.0 Å². The van der Waals surface area contributed by atoms with E-state index in [4.69, 9.17) is 4.74 Å². The van der Waals surface area contributed by atoms with Crippen molar-refractivity contribution < 1.29 is 42.8 Å². The normalized spacial score (nSPS) is 34.7. The van der Waals surface area contributed by atoms with Crippen LogP contribution in [0.2, 0.25) is 0 Å². The zero-order valence-electron chi connectivity index (χ0n) is 38.2. The van der Waals surface area contributed by atoms with Crippen molar-refractivity contribution in [2.45, 2.75) is 155 Å². The molecule has 0 bridgehead atoms. The molecule has 1 aromatic heterocycles. The van der Waals surface area contributed by atoms with Crippen LogP contribution < -0.4 is 10.6 Å². The number of aromatic nitrogens is 1. The van der Waals surface area contributed by atoms with Crippen LogP contribution >= 0.6 is 0 Å². The molecule has 4 N–H and O–H groups in total. The first kappa shape index (κ1) is 47.1. The number of aliphatic hydroxyl groups excluding tert-OH is 2. The lowest BCUT2D eigenvalue weighted by molar-refractivity contribution is -0.174. The van der Waals surface area contributed by atoms with E-state index in [1.807, 2.05) is 19.9 Å². The lowest BCUT2D eigenvalue weighted by atomic mass is 9.43. The van der Waals surface area contributed by atoms with Crippen molar-refractivity contribution in [2.75, 3.05) is 20.2 Å². The molecule has 6 aliphatic rings. The maximum Gasteiger partial charge on any atom is 0.677 e. The highest BCUT2D eigenvalue weighted by Gasteiger charge is 2.63. The minimum atomic E-state index is -2.78. The summed E-state index contributed by atoms with van der Waals surface area (Å²) in [6.07, 6.45) is 12.7. The number of fused-ring (bicyclic) bond motifs is 5. The molecular weight excluding hydrogens is 807 g/mol. The molecule has 12 atom stereocenters. The number of esters is 1. The van der Waals surface area contributed by atoms with E-state index in [9.17, 15) is 38.0 Å². The van der Waals surface area contributed by atoms with Crippen LogP contribution in [0, 0.1) is 46.3 Å². The third kappa shape index (κ3) is 9.75. The van der Waals surface area contributed by atoms with E-state index in [1.54, 1.807) is 23.1 Å². The number of carbonyl (C=O) groups excluding carboxylic acids is 4. The van der Waals surface area contributed by atoms with Gasteiger partial charge in [0, 0.05) is 61.9 Å². The fourth-order valence-electron chi connectivity index (χ4n) is 13.6. The highest BCUT2D eigenvalue weighted by molar-refractivity contribution is 6.41. The number of aliphatic hydroxyl groups is 2. The van der Waals surface area contributed by atoms with Crippen LogP contribution in [0.15, 0.2) is 34.5 Å². The summed E-state index contributed by atoms with van der Waals surface area (Å²) in [5, 5.41) is 27.8. The summed E-state index contributed by atoms with van der Waals surface area (Å²) in [4.78, 5) is 58.3. The molecule has 0 radical (unpaired) electrons. The van der Waals surface area contributed by atoms with E-state index < -0.39 is 25.5 Å². The Bertz CT molecular complexity index is 1990. The third-order valence-corrected chi connectivity index (χ3v) is 16.8.